The maximum Gasteiger partial charge on any atom is -0.00230 e. The van der Waals surface area contributed by atoms with Gasteiger partial charge in [0.1, 0.15) is 0 Å². The molecule has 0 aliphatic heterocycles. The molecule has 0 spiro atoms. The Balaban J connectivity index is 0.987. The van der Waals surface area contributed by atoms with E-state index < -0.39 is 0 Å². The number of benzene rings is 3. The lowest BCUT2D eigenvalue weighted by Crippen LogP contribution is -2.17. The molecule has 0 amide bonds. The van der Waals surface area contributed by atoms with Gasteiger partial charge in [-0.2, -0.15) is 0 Å². The minimum Gasteiger partial charge on any atom is -0.0996 e. The largest absolute Gasteiger partial charge is 0.0996 e. The van der Waals surface area contributed by atoms with Crippen LogP contribution in [0.4, 0.5) is 0 Å². The van der Waals surface area contributed by atoms with Crippen molar-refractivity contribution in [3.63, 3.8) is 0 Å². The molecule has 3 saturated carbocycles. The molecular weight excluding hydrogens is 685 g/mol. The van der Waals surface area contributed by atoms with Crippen molar-refractivity contribution in [2.75, 3.05) is 0 Å². The van der Waals surface area contributed by atoms with Gasteiger partial charge in [-0.15, -0.1) is 0 Å². The molecule has 0 aromatic heterocycles. The quantitative estimate of drug-likeness (QED) is 0.107. The van der Waals surface area contributed by atoms with Crippen molar-refractivity contribution >= 4 is 11.1 Å². The normalized spacial score (nSPS) is 21.5. The van der Waals surface area contributed by atoms with Crippen LogP contribution >= 0.6 is 0 Å². The third-order valence-corrected chi connectivity index (χ3v) is 14.7. The van der Waals surface area contributed by atoms with E-state index in [1.807, 2.05) is 0 Å². The number of aryl methyl sites for hydroxylation is 2. The topological polar surface area (TPSA) is 0 Å². The highest BCUT2D eigenvalue weighted by Crippen LogP contribution is 2.40. The summed E-state index contributed by atoms with van der Waals surface area (Å²) in [6.45, 7) is 27.7. The Labute approximate surface area is 349 Å². The van der Waals surface area contributed by atoms with Crippen molar-refractivity contribution < 1.29 is 0 Å². The van der Waals surface area contributed by atoms with E-state index in [-0.39, 0.29) is 0 Å². The van der Waals surface area contributed by atoms with E-state index in [4.69, 9.17) is 6.58 Å². The predicted molar refractivity (Wildman–Crippen MR) is 251 cm³/mol. The molecule has 3 aliphatic rings. The Bertz CT molecular complexity index is 1810. The number of unbranched alkanes of at least 4 members (excludes halogenated alkanes) is 1. The van der Waals surface area contributed by atoms with Crippen LogP contribution in [-0.4, -0.2) is 0 Å². The zero-order valence-electron chi connectivity index (χ0n) is 36.3. The minimum atomic E-state index is 0.602. The second-order valence-electron chi connectivity index (χ2n) is 18.9. The van der Waals surface area contributed by atoms with Gasteiger partial charge in [-0.25, -0.2) is 0 Å². The molecule has 0 unspecified atom stereocenters. The maximum atomic E-state index is 4.71. The summed E-state index contributed by atoms with van der Waals surface area (Å²) < 4.78 is 0. The highest BCUT2D eigenvalue weighted by Gasteiger charge is 2.25. The lowest BCUT2D eigenvalue weighted by molar-refractivity contribution is 0.281. The van der Waals surface area contributed by atoms with Crippen molar-refractivity contribution in [2.45, 2.75) is 155 Å². The molecule has 6 rings (SSSR count). The first kappa shape index (κ1) is 43.0. The lowest BCUT2D eigenvalue weighted by atomic mass is 9.75. The Hall–Kier alpha value is -3.64. The molecule has 3 aromatic carbocycles. The van der Waals surface area contributed by atoms with Gasteiger partial charge < -0.3 is 0 Å². The van der Waals surface area contributed by atoms with Gasteiger partial charge in [0, 0.05) is 0 Å². The Kier molecular flexibility index (Phi) is 16.1. The van der Waals surface area contributed by atoms with Crippen LogP contribution in [0.25, 0.3) is 11.1 Å². The first-order chi connectivity index (χ1) is 27.7. The molecule has 0 bridgehead atoms. The summed E-state index contributed by atoms with van der Waals surface area (Å²) in [6.07, 6.45) is 27.5. The molecule has 0 heterocycles. The van der Waals surface area contributed by atoms with E-state index in [1.165, 1.54) is 170 Å². The molecule has 0 saturated heterocycles. The van der Waals surface area contributed by atoms with E-state index in [0.29, 0.717) is 23.7 Å². The molecule has 0 nitrogen and oxygen atoms in total. The summed E-state index contributed by atoms with van der Waals surface area (Å²) in [5.41, 5.74) is 16.4. The molecule has 304 valence electrons. The van der Waals surface area contributed by atoms with Crippen LogP contribution in [0.3, 0.4) is 0 Å². The van der Waals surface area contributed by atoms with Gasteiger partial charge in [0.25, 0.3) is 0 Å². The van der Waals surface area contributed by atoms with Crippen LogP contribution in [-0.2, 0) is 25.7 Å². The van der Waals surface area contributed by atoms with Gasteiger partial charge in [-0.3, -0.25) is 0 Å². The van der Waals surface area contributed by atoms with E-state index in [9.17, 15) is 0 Å². The fourth-order valence-corrected chi connectivity index (χ4v) is 10.7. The fourth-order valence-electron chi connectivity index (χ4n) is 10.7. The van der Waals surface area contributed by atoms with Crippen LogP contribution in [0, 0.1) is 36.5 Å². The van der Waals surface area contributed by atoms with Gasteiger partial charge in [0.05, 0.1) is 0 Å². The van der Waals surface area contributed by atoms with E-state index >= 15 is 0 Å². The summed E-state index contributed by atoms with van der Waals surface area (Å²) in [6, 6.07) is 25.3. The lowest BCUT2D eigenvalue weighted by Gasteiger charge is -2.30. The molecule has 3 fully saturated rings. The van der Waals surface area contributed by atoms with Gasteiger partial charge in [-0.1, -0.05) is 162 Å². The zero-order chi connectivity index (χ0) is 40.1. The van der Waals surface area contributed by atoms with E-state index in [0.717, 1.165) is 44.4 Å². The highest BCUT2D eigenvalue weighted by molar-refractivity contribution is 5.69. The summed E-state index contributed by atoms with van der Waals surface area (Å²) in [5.74, 6) is 3.70. The Morgan fingerprint density at radius 1 is 0.561 bits per heavy atom. The first-order valence-electron chi connectivity index (χ1n) is 23.3. The third-order valence-electron chi connectivity index (χ3n) is 14.7. The SMILES string of the molecule is C=C(CC1CCC(C(=C)Cc2ccc(CCC(=C)C3CCCCC3)c(C(=C)Cc3ccccc3C)c2)CC1)c1ccc(CC(=C)C2CCC(CCCC)CC2)cc1. The van der Waals surface area contributed by atoms with Crippen LogP contribution in [0.2, 0.25) is 0 Å². The monoisotopic (exact) mass is 761 g/mol. The van der Waals surface area contributed by atoms with E-state index in [2.05, 4.69) is 107 Å². The van der Waals surface area contributed by atoms with Crippen LogP contribution in [0.1, 0.15) is 161 Å². The fraction of sp³-hybridized carbons (Fsp3) is 0.509. The molecule has 0 heteroatoms. The molecule has 0 N–H and O–H groups in total. The standard InChI is InChI=1S/C57H76/c1-8-9-16-47-21-29-52(30-22-47)43(4)36-48-23-31-53(32-24-48)44(5)37-49-25-33-54(34-26-49)45(6)38-50-27-35-55(28-20-42(3)51-17-11-10-12-18-51)57(40-50)46(7)39-56-19-14-13-15-41(56)2/h13-15,19,23-24,27,31-32,35,40,47,49,51-52,54H,3-12,16-18,20-22,25-26,28-30,33-34,36-39H2,1-2H3. The van der Waals surface area contributed by atoms with Crippen molar-refractivity contribution in [2.24, 2.45) is 29.6 Å². The number of hydrogen-bond acceptors (Lipinski definition) is 0. The van der Waals surface area contributed by atoms with E-state index in [1.54, 1.807) is 0 Å². The smallest absolute Gasteiger partial charge is 0.00230 e. The van der Waals surface area contributed by atoms with Crippen molar-refractivity contribution in [1.82, 2.24) is 0 Å². The maximum absolute atomic E-state index is 4.71. The Morgan fingerprint density at radius 2 is 1.16 bits per heavy atom. The van der Waals surface area contributed by atoms with Crippen LogP contribution in [0.5, 0.6) is 0 Å². The van der Waals surface area contributed by atoms with Crippen molar-refractivity contribution in [3.05, 3.63) is 155 Å². The van der Waals surface area contributed by atoms with Crippen molar-refractivity contribution in [3.8, 4) is 0 Å². The predicted octanol–water partition coefficient (Wildman–Crippen LogP) is 16.4. The summed E-state index contributed by atoms with van der Waals surface area (Å²) in [5, 5.41) is 0. The molecule has 0 atom stereocenters. The van der Waals surface area contributed by atoms with Gasteiger partial charge >= 0.3 is 0 Å². The average molecular weight is 761 g/mol. The summed E-state index contributed by atoms with van der Waals surface area (Å²) in [7, 11) is 0. The number of allylic oxidation sites excluding steroid dienone is 5. The molecule has 57 heavy (non-hydrogen) atoms. The second kappa shape index (κ2) is 21.4. The van der Waals surface area contributed by atoms with Gasteiger partial charge in [0.2, 0.25) is 0 Å². The number of hydrogen-bond donors (Lipinski definition) is 0. The number of rotatable bonds is 19. The minimum absolute atomic E-state index is 0.602. The Morgan fingerprint density at radius 3 is 1.81 bits per heavy atom. The average Bonchev–Trinajstić information content (AvgIpc) is 3.24. The molecule has 3 aliphatic carbocycles. The zero-order valence-corrected chi connectivity index (χ0v) is 36.3. The molecule has 3 aromatic rings. The first-order valence-corrected chi connectivity index (χ1v) is 23.3. The van der Waals surface area contributed by atoms with Crippen LogP contribution < -0.4 is 0 Å². The highest BCUT2D eigenvalue weighted by atomic mass is 14.3. The molecular formula is C57H76. The summed E-state index contributed by atoms with van der Waals surface area (Å²) >= 11 is 0. The second-order valence-corrected chi connectivity index (χ2v) is 18.9. The van der Waals surface area contributed by atoms with Gasteiger partial charge in [0.15, 0.2) is 0 Å². The summed E-state index contributed by atoms with van der Waals surface area (Å²) in [4.78, 5) is 0. The van der Waals surface area contributed by atoms with Gasteiger partial charge in [-0.05, 0) is 189 Å². The third kappa shape index (κ3) is 12.4. The van der Waals surface area contributed by atoms with Crippen LogP contribution in [0.15, 0.2) is 116 Å². The molecule has 0 radical (unpaired) electrons. The van der Waals surface area contributed by atoms with Crippen molar-refractivity contribution in [1.29, 1.82) is 0 Å².